The number of carbonyl (C=O) groups is 3. The van der Waals surface area contributed by atoms with E-state index >= 15 is 0 Å². The van der Waals surface area contributed by atoms with Crippen LogP contribution < -0.4 is 20.7 Å². The molecule has 2 rings (SSSR count). The third kappa shape index (κ3) is 17.3. The van der Waals surface area contributed by atoms with Crippen LogP contribution in [0.5, 0.6) is 5.75 Å². The lowest BCUT2D eigenvalue weighted by Gasteiger charge is -2.33. The van der Waals surface area contributed by atoms with Gasteiger partial charge in [-0.3, -0.25) is 14.5 Å². The number of hydrogen-bond acceptors (Lipinski definition) is 9. The van der Waals surface area contributed by atoms with E-state index in [-0.39, 0.29) is 36.0 Å². The Balaban J connectivity index is 2.25. The Morgan fingerprint density at radius 1 is 0.962 bits per heavy atom. The maximum Gasteiger partial charge on any atom is 0.407 e. The normalized spacial score (nSPS) is 16.2. The van der Waals surface area contributed by atoms with Crippen molar-refractivity contribution in [2.24, 2.45) is 23.7 Å². The predicted molar refractivity (Wildman–Crippen MR) is 204 cm³/mol. The molecule has 0 aliphatic carbocycles. The molecule has 0 aromatic heterocycles. The zero-order valence-electron chi connectivity index (χ0n) is 33.6. The number of amides is 3. The van der Waals surface area contributed by atoms with Crippen molar-refractivity contribution in [2.75, 3.05) is 59.7 Å². The van der Waals surface area contributed by atoms with Crippen molar-refractivity contribution in [1.82, 2.24) is 20.9 Å². The first kappa shape index (κ1) is 45.2. The molecule has 1 aromatic carbocycles. The minimum absolute atomic E-state index is 0.0183. The first-order valence-electron chi connectivity index (χ1n) is 19.4. The SMILES string of the molecule is CCCCNC(=O)C(CC(O)C(CC(CNC(=O)c1ccc(CN2CCOCC2)cc1OCCCCOC)C(C)C)NC(=O)OC(C)(C)C)C(C)C. The van der Waals surface area contributed by atoms with E-state index in [1.54, 1.807) is 27.9 Å². The Kier molecular flexibility index (Phi) is 20.6. The zero-order chi connectivity index (χ0) is 38.7. The molecule has 1 heterocycles. The lowest BCUT2D eigenvalue weighted by molar-refractivity contribution is -0.127. The number of carbonyl (C=O) groups excluding carboxylic acids is 3. The fourth-order valence-electron chi connectivity index (χ4n) is 6.15. The summed E-state index contributed by atoms with van der Waals surface area (Å²) < 4.78 is 22.4. The summed E-state index contributed by atoms with van der Waals surface area (Å²) in [7, 11) is 1.68. The Hall–Kier alpha value is -2.93. The van der Waals surface area contributed by atoms with E-state index in [1.165, 1.54) is 0 Å². The van der Waals surface area contributed by atoms with E-state index in [9.17, 15) is 19.5 Å². The van der Waals surface area contributed by atoms with Crippen LogP contribution in [-0.2, 0) is 25.5 Å². The molecule has 0 bridgehead atoms. The van der Waals surface area contributed by atoms with Crippen molar-refractivity contribution in [3.05, 3.63) is 29.3 Å². The summed E-state index contributed by atoms with van der Waals surface area (Å²) in [6.07, 6.45) is 2.37. The quantitative estimate of drug-likeness (QED) is 0.106. The summed E-state index contributed by atoms with van der Waals surface area (Å²) in [4.78, 5) is 42.2. The Bertz CT molecular complexity index is 1200. The molecule has 52 heavy (non-hydrogen) atoms. The highest BCUT2D eigenvalue weighted by atomic mass is 16.6. The van der Waals surface area contributed by atoms with Gasteiger partial charge in [-0.2, -0.15) is 0 Å². The summed E-state index contributed by atoms with van der Waals surface area (Å²) in [5, 5.41) is 20.7. The van der Waals surface area contributed by atoms with Gasteiger partial charge in [-0.15, -0.1) is 0 Å². The highest BCUT2D eigenvalue weighted by molar-refractivity contribution is 5.97. The van der Waals surface area contributed by atoms with Crippen LogP contribution in [0.2, 0.25) is 0 Å². The van der Waals surface area contributed by atoms with E-state index in [0.29, 0.717) is 57.3 Å². The third-order valence-corrected chi connectivity index (χ3v) is 9.46. The molecule has 1 saturated heterocycles. The van der Waals surface area contributed by atoms with Crippen LogP contribution >= 0.6 is 0 Å². The van der Waals surface area contributed by atoms with Gasteiger partial charge in [0.2, 0.25) is 5.91 Å². The summed E-state index contributed by atoms with van der Waals surface area (Å²) in [5.41, 5.74) is 0.790. The van der Waals surface area contributed by atoms with Gasteiger partial charge in [0, 0.05) is 52.4 Å². The summed E-state index contributed by atoms with van der Waals surface area (Å²) in [6, 6.07) is 5.05. The molecule has 1 aliphatic rings. The van der Waals surface area contributed by atoms with E-state index in [1.807, 2.05) is 32.0 Å². The van der Waals surface area contributed by atoms with E-state index < -0.39 is 29.8 Å². The number of nitrogens with zero attached hydrogens (tertiary/aromatic N) is 1. The molecule has 0 saturated carbocycles. The van der Waals surface area contributed by atoms with Crippen LogP contribution in [-0.4, -0.2) is 105 Å². The topological polar surface area (TPSA) is 148 Å². The van der Waals surface area contributed by atoms with Crippen molar-refractivity contribution >= 4 is 17.9 Å². The van der Waals surface area contributed by atoms with Crippen molar-refractivity contribution in [1.29, 1.82) is 0 Å². The first-order chi connectivity index (χ1) is 24.6. The fourth-order valence-corrected chi connectivity index (χ4v) is 6.15. The predicted octanol–water partition coefficient (Wildman–Crippen LogP) is 5.55. The standard InChI is InChI=1S/C40H70N4O8/c1-10-11-16-41-38(47)33(29(4)5)25-35(45)34(43-39(48)52-40(6,7)8)24-31(28(2)3)26-42-37(46)32-15-14-30(27-44-17-21-50-22-18-44)23-36(32)51-20-13-12-19-49-9/h14-15,23,28-29,31,33-35,45H,10-13,16-22,24-27H2,1-9H3,(H,41,47)(H,42,46)(H,43,48). The van der Waals surface area contributed by atoms with Crippen molar-refractivity contribution in [2.45, 2.75) is 118 Å². The second kappa shape index (κ2) is 23.7. The second-order valence-electron chi connectivity index (χ2n) is 15.8. The number of morpholine rings is 1. The van der Waals surface area contributed by atoms with Gasteiger partial charge in [-0.25, -0.2) is 4.79 Å². The minimum atomic E-state index is -1.02. The van der Waals surface area contributed by atoms with Gasteiger partial charge >= 0.3 is 6.09 Å². The van der Waals surface area contributed by atoms with E-state index in [0.717, 1.165) is 50.9 Å². The highest BCUT2D eigenvalue weighted by Gasteiger charge is 2.33. The molecule has 1 aromatic rings. The molecule has 4 atom stereocenters. The van der Waals surface area contributed by atoms with Crippen molar-refractivity contribution in [3.63, 3.8) is 0 Å². The number of unbranched alkanes of at least 4 members (excludes halogenated alkanes) is 2. The number of ether oxygens (including phenoxy) is 4. The van der Waals surface area contributed by atoms with Crippen LogP contribution in [0, 0.1) is 23.7 Å². The highest BCUT2D eigenvalue weighted by Crippen LogP contribution is 2.26. The summed E-state index contributed by atoms with van der Waals surface area (Å²) in [5.74, 6) is -0.287. The number of benzene rings is 1. The molecule has 0 spiro atoms. The molecule has 1 aliphatic heterocycles. The van der Waals surface area contributed by atoms with Gasteiger partial charge in [-0.05, 0) is 88.3 Å². The third-order valence-electron chi connectivity index (χ3n) is 9.46. The number of nitrogens with one attached hydrogen (secondary N) is 3. The van der Waals surface area contributed by atoms with Gasteiger partial charge in [0.25, 0.3) is 5.91 Å². The summed E-state index contributed by atoms with van der Waals surface area (Å²) >= 11 is 0. The molecule has 4 unspecified atom stereocenters. The number of rotatable bonds is 23. The Labute approximate surface area is 313 Å². The second-order valence-corrected chi connectivity index (χ2v) is 15.8. The average molecular weight is 735 g/mol. The van der Waals surface area contributed by atoms with Gasteiger partial charge < -0.3 is 40.0 Å². The lowest BCUT2D eigenvalue weighted by atomic mass is 9.82. The number of aliphatic hydroxyl groups excluding tert-OH is 1. The molecule has 12 heteroatoms. The largest absolute Gasteiger partial charge is 0.493 e. The van der Waals surface area contributed by atoms with Gasteiger partial charge in [0.05, 0.1) is 37.5 Å². The smallest absolute Gasteiger partial charge is 0.407 e. The average Bonchev–Trinajstić information content (AvgIpc) is 3.07. The molecule has 0 radical (unpaired) electrons. The van der Waals surface area contributed by atoms with Crippen LogP contribution in [0.15, 0.2) is 18.2 Å². The zero-order valence-corrected chi connectivity index (χ0v) is 33.6. The molecular weight excluding hydrogens is 664 g/mol. The van der Waals surface area contributed by atoms with E-state index in [4.69, 9.17) is 18.9 Å². The lowest BCUT2D eigenvalue weighted by Crippen LogP contribution is -2.49. The van der Waals surface area contributed by atoms with Gasteiger partial charge in [0.1, 0.15) is 11.4 Å². The van der Waals surface area contributed by atoms with Gasteiger partial charge in [0.15, 0.2) is 0 Å². The molecule has 1 fully saturated rings. The Morgan fingerprint density at radius 3 is 2.27 bits per heavy atom. The van der Waals surface area contributed by atoms with Crippen LogP contribution in [0.25, 0.3) is 0 Å². The molecule has 4 N–H and O–H groups in total. The van der Waals surface area contributed by atoms with Crippen LogP contribution in [0.1, 0.15) is 110 Å². The first-order valence-corrected chi connectivity index (χ1v) is 19.4. The van der Waals surface area contributed by atoms with E-state index in [2.05, 4.69) is 41.6 Å². The van der Waals surface area contributed by atoms with Crippen LogP contribution in [0.3, 0.4) is 0 Å². The molecule has 12 nitrogen and oxygen atoms in total. The maximum atomic E-state index is 13.8. The number of hydrogen-bond donors (Lipinski definition) is 4. The maximum absolute atomic E-state index is 13.8. The Morgan fingerprint density at radius 2 is 1.65 bits per heavy atom. The van der Waals surface area contributed by atoms with Crippen molar-refractivity contribution < 1.29 is 38.4 Å². The number of aliphatic hydroxyl groups is 1. The number of alkyl carbamates (subject to hydrolysis) is 1. The molecular formula is C40H70N4O8. The number of methoxy groups -OCH3 is 1. The van der Waals surface area contributed by atoms with Crippen LogP contribution in [0.4, 0.5) is 4.79 Å². The fraction of sp³-hybridized carbons (Fsp3) is 0.775. The molecule has 298 valence electrons. The summed E-state index contributed by atoms with van der Waals surface area (Å²) in [6.45, 7) is 21.3. The molecule has 3 amide bonds. The van der Waals surface area contributed by atoms with Crippen molar-refractivity contribution in [3.8, 4) is 5.75 Å². The monoisotopic (exact) mass is 735 g/mol. The minimum Gasteiger partial charge on any atom is -0.493 e. The van der Waals surface area contributed by atoms with Gasteiger partial charge in [-0.1, -0.05) is 47.1 Å².